The number of nitrogens with one attached hydrogen (secondary N) is 1. The highest BCUT2D eigenvalue weighted by Gasteiger charge is 2.05. The van der Waals surface area contributed by atoms with E-state index < -0.39 is 0 Å². The molecule has 0 aromatic heterocycles. The Morgan fingerprint density at radius 1 is 1.38 bits per heavy atom. The summed E-state index contributed by atoms with van der Waals surface area (Å²) in [6.45, 7) is 8.24. The van der Waals surface area contributed by atoms with Crippen LogP contribution in [0.15, 0.2) is 30.9 Å². The van der Waals surface area contributed by atoms with E-state index in [1.807, 2.05) is 13.1 Å². The molecule has 0 spiro atoms. The van der Waals surface area contributed by atoms with Crippen molar-refractivity contribution in [1.82, 2.24) is 0 Å². The van der Waals surface area contributed by atoms with Gasteiger partial charge in [-0.15, -0.1) is 6.58 Å². The summed E-state index contributed by atoms with van der Waals surface area (Å²) in [7, 11) is 1.99. The summed E-state index contributed by atoms with van der Waals surface area (Å²) in [6, 6.07) is 6.74. The van der Waals surface area contributed by atoms with Gasteiger partial charge in [0.1, 0.15) is 0 Å². The molecule has 0 aliphatic heterocycles. The maximum absolute atomic E-state index is 3.76. The van der Waals surface area contributed by atoms with Crippen LogP contribution in [0.4, 0.5) is 5.69 Å². The molecule has 0 fully saturated rings. The summed E-state index contributed by atoms with van der Waals surface area (Å²) in [6.07, 6.45) is 5.39. The molecule has 1 rings (SSSR count). The first kappa shape index (κ1) is 12.8. The second-order valence-electron chi connectivity index (χ2n) is 4.50. The molecule has 0 heterocycles. The minimum absolute atomic E-state index is 0.601. The van der Waals surface area contributed by atoms with E-state index in [0.29, 0.717) is 5.92 Å². The van der Waals surface area contributed by atoms with E-state index >= 15 is 0 Å². The molecule has 0 radical (unpaired) electrons. The zero-order chi connectivity index (χ0) is 12.0. The Labute approximate surface area is 99.6 Å². The minimum Gasteiger partial charge on any atom is -0.388 e. The fourth-order valence-electron chi connectivity index (χ4n) is 1.86. The molecular weight excluding hydrogens is 194 g/mol. The first-order valence-corrected chi connectivity index (χ1v) is 6.10. The van der Waals surface area contributed by atoms with Crippen molar-refractivity contribution in [3.63, 3.8) is 0 Å². The lowest BCUT2D eigenvalue weighted by Crippen LogP contribution is -1.98. The van der Waals surface area contributed by atoms with E-state index in [0.717, 1.165) is 12.8 Å². The molecule has 1 aromatic rings. The van der Waals surface area contributed by atoms with Crippen molar-refractivity contribution >= 4 is 5.69 Å². The predicted molar refractivity (Wildman–Crippen MR) is 73.2 cm³/mol. The molecule has 0 aliphatic carbocycles. The lowest BCUT2D eigenvalue weighted by molar-refractivity contribution is 0.829. The van der Waals surface area contributed by atoms with Gasteiger partial charge in [0.05, 0.1) is 0 Å². The predicted octanol–water partition coefficient (Wildman–Crippen LogP) is 4.36. The number of hydrogen-bond acceptors (Lipinski definition) is 1. The van der Waals surface area contributed by atoms with Crippen molar-refractivity contribution in [3.8, 4) is 0 Å². The Morgan fingerprint density at radius 3 is 2.69 bits per heavy atom. The van der Waals surface area contributed by atoms with Crippen LogP contribution in [-0.4, -0.2) is 7.05 Å². The lowest BCUT2D eigenvalue weighted by Gasteiger charge is -2.13. The molecule has 16 heavy (non-hydrogen) atoms. The van der Waals surface area contributed by atoms with Crippen LogP contribution in [0.25, 0.3) is 0 Å². The van der Waals surface area contributed by atoms with Crippen LogP contribution in [0, 0.1) is 0 Å². The maximum atomic E-state index is 3.76. The summed E-state index contributed by atoms with van der Waals surface area (Å²) in [5.41, 5.74) is 4.11. The van der Waals surface area contributed by atoms with E-state index in [1.165, 1.54) is 23.2 Å². The third-order valence-electron chi connectivity index (χ3n) is 2.92. The highest BCUT2D eigenvalue weighted by molar-refractivity contribution is 5.52. The Morgan fingerprint density at radius 2 is 2.12 bits per heavy atom. The summed E-state index contributed by atoms with van der Waals surface area (Å²) in [5.74, 6) is 0.601. The number of unbranched alkanes of at least 4 members (excludes halogenated alkanes) is 1. The van der Waals surface area contributed by atoms with E-state index in [9.17, 15) is 0 Å². The van der Waals surface area contributed by atoms with Gasteiger partial charge in [-0.2, -0.15) is 0 Å². The molecule has 0 amide bonds. The first-order chi connectivity index (χ1) is 7.69. The molecule has 1 nitrogen and oxygen atoms in total. The average Bonchev–Trinajstić information content (AvgIpc) is 2.29. The standard InChI is InChI=1S/C15H23N/c1-5-6-7-8-14-11-13(12(2)3)9-10-15(14)16-4/h5,9-12,16H,1,6-8H2,2-4H3. The van der Waals surface area contributed by atoms with Crippen molar-refractivity contribution in [2.24, 2.45) is 0 Å². The quantitative estimate of drug-likeness (QED) is 0.551. The Balaban J connectivity index is 2.84. The van der Waals surface area contributed by atoms with E-state index in [4.69, 9.17) is 0 Å². The molecular formula is C15H23N. The number of hydrogen-bond donors (Lipinski definition) is 1. The SMILES string of the molecule is C=CCCCc1cc(C(C)C)ccc1NC. The Kier molecular flexibility index (Phi) is 5.10. The molecule has 0 unspecified atom stereocenters. The van der Waals surface area contributed by atoms with E-state index in [-0.39, 0.29) is 0 Å². The molecule has 1 N–H and O–H groups in total. The van der Waals surface area contributed by atoms with Crippen LogP contribution in [0.1, 0.15) is 43.7 Å². The van der Waals surface area contributed by atoms with Crippen LogP contribution in [0.2, 0.25) is 0 Å². The van der Waals surface area contributed by atoms with Crippen LogP contribution in [0.5, 0.6) is 0 Å². The number of allylic oxidation sites excluding steroid dienone is 1. The average molecular weight is 217 g/mol. The number of anilines is 1. The van der Waals surface area contributed by atoms with Crippen molar-refractivity contribution < 1.29 is 0 Å². The molecule has 1 aromatic carbocycles. The van der Waals surface area contributed by atoms with Gasteiger partial charge in [-0.05, 0) is 42.4 Å². The smallest absolute Gasteiger partial charge is 0.0370 e. The van der Waals surface area contributed by atoms with Crippen LogP contribution >= 0.6 is 0 Å². The van der Waals surface area contributed by atoms with Crippen LogP contribution < -0.4 is 5.32 Å². The summed E-state index contributed by atoms with van der Waals surface area (Å²) >= 11 is 0. The second kappa shape index (κ2) is 6.37. The van der Waals surface area contributed by atoms with Crippen molar-refractivity contribution in [2.75, 3.05) is 12.4 Å². The Bertz CT molecular complexity index is 339. The van der Waals surface area contributed by atoms with Crippen LogP contribution in [0.3, 0.4) is 0 Å². The van der Waals surface area contributed by atoms with Crippen molar-refractivity contribution in [1.29, 1.82) is 0 Å². The molecule has 1 heteroatoms. The number of rotatable bonds is 6. The fraction of sp³-hybridized carbons (Fsp3) is 0.467. The topological polar surface area (TPSA) is 12.0 Å². The summed E-state index contributed by atoms with van der Waals surface area (Å²) in [4.78, 5) is 0. The van der Waals surface area contributed by atoms with Gasteiger partial charge < -0.3 is 5.32 Å². The monoisotopic (exact) mass is 217 g/mol. The van der Waals surface area contributed by atoms with Gasteiger partial charge in [-0.1, -0.05) is 32.1 Å². The van der Waals surface area contributed by atoms with Gasteiger partial charge in [0, 0.05) is 12.7 Å². The van der Waals surface area contributed by atoms with Gasteiger partial charge in [0.2, 0.25) is 0 Å². The van der Waals surface area contributed by atoms with E-state index in [2.05, 4.69) is 43.9 Å². The minimum atomic E-state index is 0.601. The first-order valence-electron chi connectivity index (χ1n) is 6.10. The van der Waals surface area contributed by atoms with Gasteiger partial charge in [0.25, 0.3) is 0 Å². The molecule has 0 aliphatic rings. The molecule has 0 saturated heterocycles. The second-order valence-corrected chi connectivity index (χ2v) is 4.50. The Hall–Kier alpha value is -1.24. The zero-order valence-corrected chi connectivity index (χ0v) is 10.7. The number of benzene rings is 1. The molecule has 0 saturated carbocycles. The van der Waals surface area contributed by atoms with E-state index in [1.54, 1.807) is 0 Å². The molecule has 88 valence electrons. The lowest BCUT2D eigenvalue weighted by atomic mass is 9.97. The molecule has 0 bridgehead atoms. The normalized spacial score (nSPS) is 10.5. The van der Waals surface area contributed by atoms with Gasteiger partial charge in [-0.25, -0.2) is 0 Å². The molecule has 0 atom stereocenters. The van der Waals surface area contributed by atoms with Crippen molar-refractivity contribution in [2.45, 2.75) is 39.0 Å². The van der Waals surface area contributed by atoms with Gasteiger partial charge in [0.15, 0.2) is 0 Å². The largest absolute Gasteiger partial charge is 0.388 e. The maximum Gasteiger partial charge on any atom is 0.0370 e. The highest BCUT2D eigenvalue weighted by Crippen LogP contribution is 2.23. The highest BCUT2D eigenvalue weighted by atomic mass is 14.8. The zero-order valence-electron chi connectivity index (χ0n) is 10.7. The number of aryl methyl sites for hydroxylation is 1. The van der Waals surface area contributed by atoms with Crippen LogP contribution in [-0.2, 0) is 6.42 Å². The summed E-state index contributed by atoms with van der Waals surface area (Å²) < 4.78 is 0. The van der Waals surface area contributed by atoms with Gasteiger partial charge >= 0.3 is 0 Å². The van der Waals surface area contributed by atoms with Crippen molar-refractivity contribution in [3.05, 3.63) is 42.0 Å². The third-order valence-corrected chi connectivity index (χ3v) is 2.92. The third kappa shape index (κ3) is 3.41. The van der Waals surface area contributed by atoms with Gasteiger partial charge in [-0.3, -0.25) is 0 Å². The fourth-order valence-corrected chi connectivity index (χ4v) is 1.86. The summed E-state index contributed by atoms with van der Waals surface area (Å²) in [5, 5.41) is 3.26.